The number of benzene rings is 1. The number of nitriles is 1. The highest BCUT2D eigenvalue weighted by molar-refractivity contribution is 5.91. The summed E-state index contributed by atoms with van der Waals surface area (Å²) in [6.45, 7) is -0.139. The van der Waals surface area contributed by atoms with Gasteiger partial charge in [-0.05, 0) is 24.1 Å². The van der Waals surface area contributed by atoms with Gasteiger partial charge in [0, 0.05) is 5.69 Å². The third-order valence-corrected chi connectivity index (χ3v) is 1.87. The first-order valence-corrected chi connectivity index (χ1v) is 4.60. The molecule has 1 aromatic carbocycles. The van der Waals surface area contributed by atoms with Crippen LogP contribution in [0.3, 0.4) is 0 Å². The van der Waals surface area contributed by atoms with Gasteiger partial charge < -0.3 is 5.32 Å². The van der Waals surface area contributed by atoms with Gasteiger partial charge in [-0.2, -0.15) is 5.26 Å². The number of hydrogen-bond acceptors (Lipinski definition) is 2. The quantitative estimate of drug-likeness (QED) is 0.805. The van der Waals surface area contributed by atoms with Crippen molar-refractivity contribution in [2.24, 2.45) is 0 Å². The maximum Gasteiger partial charge on any atom is 0.238 e. The number of carbonyl (C=O) groups excluding carboxylic acids is 1. The number of amides is 1. The summed E-state index contributed by atoms with van der Waals surface area (Å²) in [4.78, 5) is 11.0. The Kier molecular flexibility index (Phi) is 4.32. The minimum Gasteiger partial charge on any atom is -0.325 e. The highest BCUT2D eigenvalue weighted by Gasteiger charge is 2.00. The lowest BCUT2D eigenvalue weighted by Crippen LogP contribution is -2.09. The number of nitrogens with one attached hydrogen (secondary N) is 1. The Morgan fingerprint density at radius 2 is 2.00 bits per heavy atom. The van der Waals surface area contributed by atoms with E-state index in [0.29, 0.717) is 12.1 Å². The van der Waals surface area contributed by atoms with Crippen LogP contribution in [0.15, 0.2) is 24.3 Å². The van der Waals surface area contributed by atoms with Crippen LogP contribution in [-0.4, -0.2) is 12.5 Å². The molecule has 0 saturated carbocycles. The van der Waals surface area contributed by atoms with E-state index in [0.717, 1.165) is 5.56 Å². The van der Waals surface area contributed by atoms with Crippen LogP contribution < -0.4 is 5.32 Å². The molecule has 15 heavy (non-hydrogen) atoms. The van der Waals surface area contributed by atoms with Crippen molar-refractivity contribution in [1.29, 1.82) is 5.26 Å². The van der Waals surface area contributed by atoms with E-state index < -0.39 is 0 Å². The van der Waals surface area contributed by atoms with Gasteiger partial charge in [-0.25, -0.2) is 5.11 Å². The summed E-state index contributed by atoms with van der Waals surface area (Å²) < 4.78 is 0. The van der Waals surface area contributed by atoms with E-state index >= 15 is 0 Å². The van der Waals surface area contributed by atoms with Gasteiger partial charge in [0.2, 0.25) is 5.91 Å². The van der Waals surface area contributed by atoms with E-state index in [1.54, 1.807) is 30.3 Å². The topological polar surface area (TPSA) is 72.8 Å². The molecule has 1 rings (SSSR count). The molecular formula is C11H11N2O2. The molecule has 0 aromatic heterocycles. The normalized spacial score (nSPS) is 9.33. The summed E-state index contributed by atoms with van der Waals surface area (Å²) >= 11 is 0. The molecule has 77 valence electrons. The Hall–Kier alpha value is -1.86. The van der Waals surface area contributed by atoms with Crippen molar-refractivity contribution in [3.8, 4) is 6.07 Å². The highest BCUT2D eigenvalue weighted by atomic mass is 16.2. The zero-order valence-electron chi connectivity index (χ0n) is 8.19. The summed E-state index contributed by atoms with van der Waals surface area (Å²) in [5.74, 6) is -0.325. The van der Waals surface area contributed by atoms with Crippen molar-refractivity contribution in [2.45, 2.75) is 12.8 Å². The van der Waals surface area contributed by atoms with Crippen LogP contribution in [0.25, 0.3) is 0 Å². The second-order valence-corrected chi connectivity index (χ2v) is 3.03. The standard InChI is InChI=1S/C11H11N2O2/c12-7-5-11(15)13-10-3-1-9(2-4-10)6-8-14/h1-4H,5-6,8H2,(H,13,15). The first kappa shape index (κ1) is 11.2. The van der Waals surface area contributed by atoms with Crippen molar-refractivity contribution in [2.75, 3.05) is 11.9 Å². The summed E-state index contributed by atoms with van der Waals surface area (Å²) in [6.07, 6.45) is 0.342. The minimum absolute atomic E-state index is 0.139. The Labute approximate surface area is 88.2 Å². The fourth-order valence-electron chi connectivity index (χ4n) is 1.15. The van der Waals surface area contributed by atoms with Crippen LogP contribution in [0.4, 0.5) is 5.69 Å². The van der Waals surface area contributed by atoms with Crippen molar-refractivity contribution in [1.82, 2.24) is 0 Å². The summed E-state index contributed by atoms with van der Waals surface area (Å²) in [5, 5.41) is 21.2. The number of hydrogen-bond donors (Lipinski definition) is 1. The minimum atomic E-state index is -0.325. The van der Waals surface area contributed by atoms with Crippen molar-refractivity contribution < 1.29 is 9.90 Å². The molecule has 0 aliphatic heterocycles. The van der Waals surface area contributed by atoms with E-state index in [9.17, 15) is 9.90 Å². The lowest BCUT2D eigenvalue weighted by atomic mass is 10.1. The van der Waals surface area contributed by atoms with Gasteiger partial charge in [-0.15, -0.1) is 0 Å². The molecule has 0 atom stereocenters. The Balaban J connectivity index is 2.57. The maximum atomic E-state index is 11.0. The van der Waals surface area contributed by atoms with E-state index in [4.69, 9.17) is 5.26 Å². The molecule has 0 heterocycles. The van der Waals surface area contributed by atoms with E-state index in [1.807, 2.05) is 0 Å². The smallest absolute Gasteiger partial charge is 0.238 e. The van der Waals surface area contributed by atoms with Gasteiger partial charge in [0.05, 0.1) is 12.7 Å². The zero-order valence-corrected chi connectivity index (χ0v) is 8.19. The summed E-state index contributed by atoms with van der Waals surface area (Å²) in [6, 6.07) is 8.79. The molecule has 0 aliphatic carbocycles. The van der Waals surface area contributed by atoms with E-state index in [-0.39, 0.29) is 18.9 Å². The van der Waals surface area contributed by atoms with Gasteiger partial charge in [-0.1, -0.05) is 12.1 Å². The molecule has 1 N–H and O–H groups in total. The number of nitrogens with zero attached hydrogens (tertiary/aromatic N) is 1. The summed E-state index contributed by atoms with van der Waals surface area (Å²) in [5.41, 5.74) is 1.59. The zero-order chi connectivity index (χ0) is 11.1. The Morgan fingerprint density at radius 1 is 1.33 bits per heavy atom. The van der Waals surface area contributed by atoms with Crippen LogP contribution in [0.1, 0.15) is 12.0 Å². The predicted molar refractivity (Wildman–Crippen MR) is 54.6 cm³/mol. The molecular weight excluding hydrogens is 192 g/mol. The molecule has 4 heteroatoms. The monoisotopic (exact) mass is 203 g/mol. The molecule has 1 aromatic rings. The van der Waals surface area contributed by atoms with Crippen molar-refractivity contribution >= 4 is 11.6 Å². The molecule has 0 unspecified atom stereocenters. The Bertz CT molecular complexity index is 365. The fraction of sp³-hybridized carbons (Fsp3) is 0.273. The lowest BCUT2D eigenvalue weighted by Gasteiger charge is -2.03. The largest absolute Gasteiger partial charge is 0.325 e. The molecule has 0 spiro atoms. The van der Waals surface area contributed by atoms with E-state index in [1.165, 1.54) is 0 Å². The van der Waals surface area contributed by atoms with Crippen LogP contribution in [-0.2, 0) is 16.3 Å². The number of carbonyl (C=O) groups is 1. The molecule has 1 radical (unpaired) electrons. The van der Waals surface area contributed by atoms with Crippen LogP contribution in [0.2, 0.25) is 0 Å². The van der Waals surface area contributed by atoms with Gasteiger partial charge in [0.1, 0.15) is 6.42 Å². The predicted octanol–water partition coefficient (Wildman–Crippen LogP) is 1.51. The van der Waals surface area contributed by atoms with Crippen molar-refractivity contribution in [3.63, 3.8) is 0 Å². The van der Waals surface area contributed by atoms with Gasteiger partial charge in [-0.3, -0.25) is 4.79 Å². The second kappa shape index (κ2) is 5.78. The van der Waals surface area contributed by atoms with Gasteiger partial charge in [0.15, 0.2) is 0 Å². The first-order valence-electron chi connectivity index (χ1n) is 4.60. The molecule has 0 bridgehead atoms. The fourth-order valence-corrected chi connectivity index (χ4v) is 1.15. The molecule has 0 saturated heterocycles. The van der Waals surface area contributed by atoms with Crippen LogP contribution in [0, 0.1) is 11.3 Å². The Morgan fingerprint density at radius 3 is 2.53 bits per heavy atom. The van der Waals surface area contributed by atoms with Crippen molar-refractivity contribution in [3.05, 3.63) is 29.8 Å². The number of anilines is 1. The SMILES string of the molecule is N#CCC(=O)Nc1ccc(CC[O])cc1. The average Bonchev–Trinajstić information content (AvgIpc) is 2.22. The van der Waals surface area contributed by atoms with Gasteiger partial charge >= 0.3 is 0 Å². The average molecular weight is 203 g/mol. The second-order valence-electron chi connectivity index (χ2n) is 3.03. The van der Waals surface area contributed by atoms with Gasteiger partial charge in [0.25, 0.3) is 0 Å². The first-order chi connectivity index (χ1) is 7.26. The molecule has 0 fully saturated rings. The number of rotatable bonds is 4. The van der Waals surface area contributed by atoms with E-state index in [2.05, 4.69) is 5.32 Å². The third kappa shape index (κ3) is 3.79. The highest BCUT2D eigenvalue weighted by Crippen LogP contribution is 2.10. The maximum absolute atomic E-state index is 11.0. The van der Waals surface area contributed by atoms with Crippen LogP contribution in [0.5, 0.6) is 0 Å². The molecule has 1 amide bonds. The third-order valence-electron chi connectivity index (χ3n) is 1.87. The summed E-state index contributed by atoms with van der Waals surface area (Å²) in [7, 11) is 0. The lowest BCUT2D eigenvalue weighted by molar-refractivity contribution is -0.115. The molecule has 4 nitrogen and oxygen atoms in total. The molecule has 0 aliphatic rings. The van der Waals surface area contributed by atoms with Crippen LogP contribution >= 0.6 is 0 Å².